The van der Waals surface area contributed by atoms with Crippen LogP contribution in [-0.2, 0) is 0 Å². The maximum absolute atomic E-state index is 12.7. The minimum Gasteiger partial charge on any atom is -0.388 e. The van der Waals surface area contributed by atoms with Gasteiger partial charge in [-0.25, -0.2) is 13.8 Å². The molecular formula is C11H12F2N4O3. The molecule has 0 radical (unpaired) electrons. The number of aliphatic hydroxyl groups excluding tert-OH is 2. The molecular weight excluding hydrogens is 274 g/mol. The number of aliphatic hydroxyl groups is 2. The van der Waals surface area contributed by atoms with Crippen LogP contribution in [0.4, 0.5) is 8.78 Å². The quantitative estimate of drug-likeness (QED) is 0.498. The van der Waals surface area contributed by atoms with Gasteiger partial charge in [-0.3, -0.25) is 10.1 Å². The van der Waals surface area contributed by atoms with Crippen molar-refractivity contribution in [3.05, 3.63) is 28.4 Å². The molecule has 3 heterocycles. The summed E-state index contributed by atoms with van der Waals surface area (Å²) in [4.78, 5) is 20.6. The summed E-state index contributed by atoms with van der Waals surface area (Å²) < 4.78 is 25.5. The lowest BCUT2D eigenvalue weighted by Crippen LogP contribution is -2.39. The Morgan fingerprint density at radius 2 is 2.00 bits per heavy atom. The largest absolute Gasteiger partial charge is 0.388 e. The number of aromatic nitrogens is 3. The van der Waals surface area contributed by atoms with E-state index in [9.17, 15) is 23.8 Å². The van der Waals surface area contributed by atoms with Gasteiger partial charge in [0.2, 0.25) is 0 Å². The van der Waals surface area contributed by atoms with Crippen molar-refractivity contribution in [2.24, 2.45) is 0 Å². The van der Waals surface area contributed by atoms with Crippen LogP contribution < -0.4 is 10.9 Å². The number of fused-ring (bicyclic) bond motifs is 1. The molecule has 1 aliphatic rings. The second-order valence-corrected chi connectivity index (χ2v) is 4.69. The van der Waals surface area contributed by atoms with Crippen molar-refractivity contribution < 1.29 is 19.0 Å². The Hall–Kier alpha value is -1.84. The molecule has 1 aliphatic heterocycles. The van der Waals surface area contributed by atoms with E-state index in [-0.39, 0.29) is 11.0 Å². The van der Waals surface area contributed by atoms with Crippen LogP contribution in [0.15, 0.2) is 17.3 Å². The molecule has 4 atom stereocenters. The molecule has 9 heteroatoms. The predicted molar refractivity (Wildman–Crippen MR) is 64.4 cm³/mol. The van der Waals surface area contributed by atoms with Crippen LogP contribution in [-0.4, -0.2) is 49.8 Å². The molecule has 3 rings (SSSR count). The number of aromatic amines is 2. The number of hydrogen-bond donors (Lipinski definition) is 5. The number of nitrogens with one attached hydrogen (secondary N) is 3. The number of halogens is 2. The third kappa shape index (κ3) is 1.82. The van der Waals surface area contributed by atoms with Gasteiger partial charge in [-0.05, 0) is 0 Å². The van der Waals surface area contributed by atoms with Gasteiger partial charge in [0, 0.05) is 11.8 Å². The Balaban J connectivity index is 2.04. The van der Waals surface area contributed by atoms with E-state index in [0.717, 1.165) is 0 Å². The maximum atomic E-state index is 12.7. The molecule has 0 aromatic carbocycles. The van der Waals surface area contributed by atoms with Gasteiger partial charge in [-0.1, -0.05) is 0 Å². The van der Waals surface area contributed by atoms with E-state index < -0.39 is 36.3 Å². The summed E-state index contributed by atoms with van der Waals surface area (Å²) in [6.07, 6.45) is -3.22. The van der Waals surface area contributed by atoms with Gasteiger partial charge in [0.25, 0.3) is 12.0 Å². The normalized spacial score (nSPS) is 30.4. The number of nitrogens with zero attached hydrogens (tertiary/aromatic N) is 1. The molecule has 0 bridgehead atoms. The molecule has 0 saturated carbocycles. The third-order valence-electron chi connectivity index (χ3n) is 3.54. The van der Waals surface area contributed by atoms with Crippen LogP contribution >= 0.6 is 0 Å². The van der Waals surface area contributed by atoms with Crippen molar-refractivity contribution >= 4 is 11.0 Å². The SMILES string of the molecule is O=c1[nH]cnc2c([C@@H]3N[C@H](C(F)F)[C@@H](O)[C@H]3O)c[nH]c12. The van der Waals surface area contributed by atoms with E-state index in [0.29, 0.717) is 5.56 Å². The zero-order chi connectivity index (χ0) is 14.4. The lowest BCUT2D eigenvalue weighted by molar-refractivity contribution is -0.00836. The first-order valence-electron chi connectivity index (χ1n) is 5.95. The molecule has 2 aromatic rings. The van der Waals surface area contributed by atoms with Crippen LogP contribution in [0, 0.1) is 0 Å². The van der Waals surface area contributed by atoms with Gasteiger partial charge in [0.05, 0.1) is 18.4 Å². The summed E-state index contributed by atoms with van der Waals surface area (Å²) in [5, 5.41) is 22.0. The van der Waals surface area contributed by atoms with Crippen LogP contribution in [0.25, 0.3) is 11.0 Å². The van der Waals surface area contributed by atoms with E-state index in [2.05, 4.69) is 20.3 Å². The highest BCUT2D eigenvalue weighted by atomic mass is 19.3. The smallest absolute Gasteiger partial charge is 0.275 e. The Morgan fingerprint density at radius 3 is 2.65 bits per heavy atom. The minimum absolute atomic E-state index is 0.187. The Labute approximate surface area is 110 Å². The first-order chi connectivity index (χ1) is 9.50. The van der Waals surface area contributed by atoms with Gasteiger partial charge in [-0.2, -0.15) is 0 Å². The Bertz CT molecular complexity index is 686. The average Bonchev–Trinajstić information content (AvgIpc) is 2.94. The first kappa shape index (κ1) is 13.2. The van der Waals surface area contributed by atoms with Gasteiger partial charge < -0.3 is 20.2 Å². The number of alkyl halides is 2. The fourth-order valence-corrected chi connectivity index (χ4v) is 2.52. The molecule has 0 unspecified atom stereocenters. The lowest BCUT2D eigenvalue weighted by Gasteiger charge is -2.14. The van der Waals surface area contributed by atoms with E-state index in [1.54, 1.807) is 0 Å². The topological polar surface area (TPSA) is 114 Å². The molecule has 1 saturated heterocycles. The van der Waals surface area contributed by atoms with Gasteiger partial charge in [-0.15, -0.1) is 0 Å². The molecule has 2 aromatic heterocycles. The molecule has 0 amide bonds. The standard InChI is InChI=1S/C11H12F2N4O3/c12-10(13)7-9(19)8(18)5(17-7)3-1-14-6-4(3)15-2-16-11(6)20/h1-2,5,7-10,14,17-19H,(H,15,16,20)/t5-,7-,8-,9+/m0/s1. The summed E-state index contributed by atoms with van der Waals surface area (Å²) in [5.41, 5.74) is 0.416. The molecule has 20 heavy (non-hydrogen) atoms. The van der Waals surface area contributed by atoms with Crippen molar-refractivity contribution in [3.63, 3.8) is 0 Å². The second kappa shape index (κ2) is 4.62. The van der Waals surface area contributed by atoms with Crippen molar-refractivity contribution in [1.82, 2.24) is 20.3 Å². The number of rotatable bonds is 2. The average molecular weight is 286 g/mol. The Morgan fingerprint density at radius 1 is 1.25 bits per heavy atom. The van der Waals surface area contributed by atoms with Crippen LogP contribution in [0.3, 0.4) is 0 Å². The molecule has 5 N–H and O–H groups in total. The second-order valence-electron chi connectivity index (χ2n) is 4.69. The van der Waals surface area contributed by atoms with Crippen molar-refractivity contribution in [2.75, 3.05) is 0 Å². The summed E-state index contributed by atoms with van der Waals surface area (Å²) in [6.45, 7) is 0. The van der Waals surface area contributed by atoms with E-state index >= 15 is 0 Å². The highest BCUT2D eigenvalue weighted by Gasteiger charge is 2.46. The maximum Gasteiger partial charge on any atom is 0.275 e. The molecule has 1 fully saturated rings. The molecule has 108 valence electrons. The fraction of sp³-hybridized carbons (Fsp3) is 0.455. The van der Waals surface area contributed by atoms with Crippen molar-refractivity contribution in [1.29, 1.82) is 0 Å². The summed E-state index contributed by atoms with van der Waals surface area (Å²) in [5.74, 6) is 0. The molecule has 0 spiro atoms. The minimum atomic E-state index is -2.81. The zero-order valence-electron chi connectivity index (χ0n) is 10.0. The van der Waals surface area contributed by atoms with Crippen LogP contribution in [0.1, 0.15) is 11.6 Å². The summed E-state index contributed by atoms with van der Waals surface area (Å²) in [6, 6.07) is -2.45. The van der Waals surface area contributed by atoms with Crippen LogP contribution in [0.2, 0.25) is 0 Å². The zero-order valence-corrected chi connectivity index (χ0v) is 10.0. The third-order valence-corrected chi connectivity index (χ3v) is 3.54. The highest BCUT2D eigenvalue weighted by Crippen LogP contribution is 2.32. The van der Waals surface area contributed by atoms with E-state index in [1.165, 1.54) is 12.5 Å². The number of H-pyrrole nitrogens is 2. The van der Waals surface area contributed by atoms with Crippen LogP contribution in [0.5, 0.6) is 0 Å². The molecule has 7 nitrogen and oxygen atoms in total. The van der Waals surface area contributed by atoms with Crippen molar-refractivity contribution in [2.45, 2.75) is 30.7 Å². The fourth-order valence-electron chi connectivity index (χ4n) is 2.52. The van der Waals surface area contributed by atoms with Gasteiger partial charge in [0.15, 0.2) is 0 Å². The molecule has 0 aliphatic carbocycles. The summed E-state index contributed by atoms with van der Waals surface area (Å²) >= 11 is 0. The van der Waals surface area contributed by atoms with Crippen molar-refractivity contribution in [3.8, 4) is 0 Å². The monoisotopic (exact) mass is 286 g/mol. The predicted octanol–water partition coefficient (Wildman–Crippen LogP) is -0.749. The Kier molecular flexibility index (Phi) is 3.04. The van der Waals surface area contributed by atoms with Gasteiger partial charge >= 0.3 is 0 Å². The first-order valence-corrected chi connectivity index (χ1v) is 5.95. The summed E-state index contributed by atoms with van der Waals surface area (Å²) in [7, 11) is 0. The van der Waals surface area contributed by atoms with Gasteiger partial charge in [0.1, 0.15) is 23.2 Å². The lowest BCUT2D eigenvalue weighted by atomic mass is 10.0. The number of hydrogen-bond acceptors (Lipinski definition) is 5. The van der Waals surface area contributed by atoms with E-state index in [4.69, 9.17) is 0 Å². The van der Waals surface area contributed by atoms with E-state index in [1.807, 2.05) is 0 Å². The highest BCUT2D eigenvalue weighted by molar-refractivity contribution is 5.78.